The number of hydrogen-bond acceptors (Lipinski definition) is 5. The molecule has 0 heterocycles. The molecule has 2 N–H and O–H groups in total. The average molecular weight is 691 g/mol. The van der Waals surface area contributed by atoms with Gasteiger partial charge in [-0.25, -0.2) is 4.57 Å². The van der Waals surface area contributed by atoms with Gasteiger partial charge in [-0.05, 0) is 12.8 Å². The van der Waals surface area contributed by atoms with Crippen LogP contribution in [0.2, 0.25) is 0 Å². The summed E-state index contributed by atoms with van der Waals surface area (Å²) in [4.78, 5) is 30.6. The summed E-state index contributed by atoms with van der Waals surface area (Å²) < 4.78 is 27.0. The minimum atomic E-state index is -4.64. The van der Waals surface area contributed by atoms with Gasteiger partial charge in [0.1, 0.15) is 6.10 Å². The predicted molar refractivity (Wildman–Crippen MR) is 198 cm³/mol. The Morgan fingerprint density at radius 3 is 1.15 bits per heavy atom. The maximum absolute atomic E-state index is 12.4. The van der Waals surface area contributed by atoms with Gasteiger partial charge in [0.05, 0.1) is 13.2 Å². The molecule has 0 rings (SSSR count). The summed E-state index contributed by atoms with van der Waals surface area (Å²) in [6.45, 7) is 4.80. The Hall–Kier alpha value is -0.460. The molecule has 0 bridgehead atoms. The van der Waals surface area contributed by atoms with Crippen molar-refractivity contribution in [1.82, 2.24) is 0 Å². The minimum Gasteiger partial charge on any atom is -0.457 e. The molecule has 282 valence electrons. The van der Waals surface area contributed by atoms with E-state index in [1.54, 1.807) is 0 Å². The summed E-state index contributed by atoms with van der Waals surface area (Å²) in [5.41, 5.74) is 0. The van der Waals surface area contributed by atoms with E-state index in [9.17, 15) is 9.36 Å². The molecule has 0 saturated heterocycles. The summed E-state index contributed by atoms with van der Waals surface area (Å²) >= 11 is 0. The monoisotopic (exact) mass is 691 g/mol. The van der Waals surface area contributed by atoms with Crippen molar-refractivity contribution < 1.29 is 33.1 Å². The number of carbonyl (C=O) groups is 1. The lowest BCUT2D eigenvalue weighted by atomic mass is 10.0. The summed E-state index contributed by atoms with van der Waals surface area (Å²) in [6, 6.07) is 0. The molecule has 1 atom stereocenters. The Morgan fingerprint density at radius 1 is 0.489 bits per heavy atom. The number of unbranched alkanes of at least 4 members (excludes halogenated alkanes) is 29. The summed E-state index contributed by atoms with van der Waals surface area (Å²) in [6.07, 6.45) is 39.5. The molecule has 0 aromatic carbocycles. The van der Waals surface area contributed by atoms with Crippen molar-refractivity contribution in [3.05, 3.63) is 0 Å². The normalized spacial score (nSPS) is 12.5. The number of esters is 1. The largest absolute Gasteiger partial charge is 0.469 e. The molecule has 0 aliphatic carbocycles. The number of carbonyl (C=O) groups excluding carboxylic acids is 1. The SMILES string of the molecule is CCCCCCCCCCCCCCCCCCOC[C@H](COP(=O)(O)O)OC(=O)CCCCCCCCCCCCCCCCC. The summed E-state index contributed by atoms with van der Waals surface area (Å²) in [5, 5.41) is 0. The maximum Gasteiger partial charge on any atom is 0.469 e. The van der Waals surface area contributed by atoms with E-state index in [1.807, 2.05) is 0 Å². The zero-order valence-electron chi connectivity index (χ0n) is 31.2. The van der Waals surface area contributed by atoms with Gasteiger partial charge in [-0.3, -0.25) is 9.32 Å². The van der Waals surface area contributed by atoms with Crippen LogP contribution in [0.3, 0.4) is 0 Å². The Balaban J connectivity index is 3.75. The van der Waals surface area contributed by atoms with Gasteiger partial charge in [0.15, 0.2) is 0 Å². The molecule has 0 saturated carbocycles. The van der Waals surface area contributed by atoms with E-state index in [-0.39, 0.29) is 19.2 Å². The highest BCUT2D eigenvalue weighted by molar-refractivity contribution is 7.46. The molecule has 0 amide bonds. The van der Waals surface area contributed by atoms with E-state index < -0.39 is 13.9 Å². The van der Waals surface area contributed by atoms with Crippen LogP contribution in [0.15, 0.2) is 0 Å². The van der Waals surface area contributed by atoms with Crippen LogP contribution in [-0.4, -0.2) is 41.7 Å². The van der Waals surface area contributed by atoms with Crippen LogP contribution in [0.5, 0.6) is 0 Å². The lowest BCUT2D eigenvalue weighted by Gasteiger charge is -2.18. The van der Waals surface area contributed by atoms with Gasteiger partial charge in [-0.15, -0.1) is 0 Å². The minimum absolute atomic E-state index is 0.0866. The average Bonchev–Trinajstić information content (AvgIpc) is 3.04. The molecule has 8 heteroatoms. The number of rotatable bonds is 39. The Labute approximate surface area is 291 Å². The molecule has 0 fully saturated rings. The second kappa shape index (κ2) is 36.8. The number of phosphoric acid groups is 1. The van der Waals surface area contributed by atoms with E-state index in [1.165, 1.54) is 167 Å². The van der Waals surface area contributed by atoms with Gasteiger partial charge in [-0.2, -0.15) is 0 Å². The van der Waals surface area contributed by atoms with Gasteiger partial charge in [0.25, 0.3) is 0 Å². The van der Waals surface area contributed by atoms with E-state index in [4.69, 9.17) is 19.3 Å². The molecule has 0 unspecified atom stereocenters. The highest BCUT2D eigenvalue weighted by Crippen LogP contribution is 2.36. The molecule has 0 aliphatic rings. The lowest BCUT2D eigenvalue weighted by Crippen LogP contribution is -2.28. The van der Waals surface area contributed by atoms with Crippen molar-refractivity contribution in [3.63, 3.8) is 0 Å². The Kier molecular flexibility index (Phi) is 36.5. The molecule has 0 aromatic rings. The fourth-order valence-electron chi connectivity index (χ4n) is 6.15. The lowest BCUT2D eigenvalue weighted by molar-refractivity contribution is -0.154. The van der Waals surface area contributed by atoms with Gasteiger partial charge in [-0.1, -0.05) is 200 Å². The van der Waals surface area contributed by atoms with Crippen LogP contribution < -0.4 is 0 Å². The van der Waals surface area contributed by atoms with Gasteiger partial charge < -0.3 is 19.3 Å². The van der Waals surface area contributed by atoms with E-state index in [0.29, 0.717) is 13.0 Å². The smallest absolute Gasteiger partial charge is 0.457 e. The summed E-state index contributed by atoms with van der Waals surface area (Å²) in [7, 11) is -4.64. The highest BCUT2D eigenvalue weighted by atomic mass is 31.2. The zero-order chi connectivity index (χ0) is 34.5. The standard InChI is InChI=1S/C39H79O7P/c1-3-5-7-9-11-13-15-17-19-21-23-25-27-29-31-33-35-44-36-38(37-45-47(41,42)43)46-39(40)34-32-30-28-26-24-22-20-18-16-14-12-10-8-6-4-2/h38H,3-37H2,1-2H3,(H2,41,42,43)/t38-/m1/s1. The van der Waals surface area contributed by atoms with Crippen molar-refractivity contribution in [2.45, 2.75) is 225 Å². The Morgan fingerprint density at radius 2 is 0.809 bits per heavy atom. The van der Waals surface area contributed by atoms with Gasteiger partial charge in [0, 0.05) is 13.0 Å². The second-order valence-corrected chi connectivity index (χ2v) is 15.2. The molecule has 7 nitrogen and oxygen atoms in total. The van der Waals surface area contributed by atoms with Crippen molar-refractivity contribution in [3.8, 4) is 0 Å². The number of phosphoric ester groups is 1. The van der Waals surface area contributed by atoms with Crippen molar-refractivity contribution >= 4 is 13.8 Å². The first-order valence-electron chi connectivity index (χ1n) is 20.4. The first-order valence-corrected chi connectivity index (χ1v) is 21.9. The second-order valence-electron chi connectivity index (χ2n) is 14.0. The number of ether oxygens (including phenoxy) is 2. The number of hydrogen-bond donors (Lipinski definition) is 2. The van der Waals surface area contributed by atoms with Crippen LogP contribution in [0, 0.1) is 0 Å². The van der Waals surface area contributed by atoms with Crippen LogP contribution in [0.1, 0.15) is 219 Å². The van der Waals surface area contributed by atoms with E-state index in [2.05, 4.69) is 18.4 Å². The molecule has 0 spiro atoms. The third-order valence-electron chi connectivity index (χ3n) is 9.16. The maximum atomic E-state index is 12.4. The quantitative estimate of drug-likeness (QED) is 0.0376. The van der Waals surface area contributed by atoms with E-state index in [0.717, 1.165) is 32.1 Å². The first-order chi connectivity index (χ1) is 22.9. The molecular weight excluding hydrogens is 611 g/mol. The van der Waals surface area contributed by atoms with E-state index >= 15 is 0 Å². The highest BCUT2D eigenvalue weighted by Gasteiger charge is 2.21. The molecular formula is C39H79O7P. The van der Waals surface area contributed by atoms with Crippen LogP contribution in [-0.2, 0) is 23.4 Å². The fraction of sp³-hybridized carbons (Fsp3) is 0.974. The third kappa shape index (κ3) is 39.9. The van der Waals surface area contributed by atoms with Crippen LogP contribution >= 0.6 is 7.82 Å². The Bertz CT molecular complexity index is 684. The molecule has 0 aromatic heterocycles. The van der Waals surface area contributed by atoms with Crippen molar-refractivity contribution in [2.24, 2.45) is 0 Å². The predicted octanol–water partition coefficient (Wildman–Crippen LogP) is 12.5. The third-order valence-corrected chi connectivity index (χ3v) is 9.64. The van der Waals surface area contributed by atoms with Crippen molar-refractivity contribution in [2.75, 3.05) is 19.8 Å². The zero-order valence-corrected chi connectivity index (χ0v) is 32.1. The summed E-state index contributed by atoms with van der Waals surface area (Å²) in [5.74, 6) is -0.356. The molecule has 0 radical (unpaired) electrons. The van der Waals surface area contributed by atoms with Crippen molar-refractivity contribution in [1.29, 1.82) is 0 Å². The van der Waals surface area contributed by atoms with Gasteiger partial charge in [0.2, 0.25) is 0 Å². The topological polar surface area (TPSA) is 102 Å². The van der Waals surface area contributed by atoms with Crippen LogP contribution in [0.25, 0.3) is 0 Å². The fourth-order valence-corrected chi connectivity index (χ4v) is 6.51. The molecule has 0 aliphatic heterocycles. The molecule has 47 heavy (non-hydrogen) atoms. The van der Waals surface area contributed by atoms with Gasteiger partial charge >= 0.3 is 13.8 Å². The first kappa shape index (κ1) is 46.5. The van der Waals surface area contributed by atoms with Crippen LogP contribution in [0.4, 0.5) is 0 Å².